The van der Waals surface area contributed by atoms with Gasteiger partial charge in [-0.3, -0.25) is 0 Å². The molecule has 0 amide bonds. The number of aliphatic hydroxyl groups is 2. The molecule has 0 spiro atoms. The topological polar surface area (TPSA) is 60.7 Å². The summed E-state index contributed by atoms with van der Waals surface area (Å²) in [5, 5.41) is 27.0. The second kappa shape index (κ2) is 3.56. The monoisotopic (exact) mass is 168 g/mol. The molecule has 0 aromatic heterocycles. The third-order valence-corrected chi connectivity index (χ3v) is 1.86. The van der Waals surface area contributed by atoms with Crippen LogP contribution in [0.15, 0.2) is 12.1 Å². The van der Waals surface area contributed by atoms with Gasteiger partial charge in [-0.25, -0.2) is 0 Å². The molecule has 1 aromatic carbocycles. The summed E-state index contributed by atoms with van der Waals surface area (Å²) < 4.78 is 0. The van der Waals surface area contributed by atoms with Crippen molar-refractivity contribution in [3.05, 3.63) is 28.8 Å². The fourth-order valence-corrected chi connectivity index (χ4v) is 1.09. The highest BCUT2D eigenvalue weighted by molar-refractivity contribution is 5.40. The summed E-state index contributed by atoms with van der Waals surface area (Å²) in [5.41, 5.74) is 1.93. The first-order valence-electron chi connectivity index (χ1n) is 3.72. The molecular weight excluding hydrogens is 156 g/mol. The van der Waals surface area contributed by atoms with E-state index in [4.69, 9.17) is 10.2 Å². The van der Waals surface area contributed by atoms with Crippen LogP contribution in [0.5, 0.6) is 5.75 Å². The highest BCUT2D eigenvalue weighted by atomic mass is 16.3. The van der Waals surface area contributed by atoms with Gasteiger partial charge in [-0.05, 0) is 35.7 Å². The van der Waals surface area contributed by atoms with Gasteiger partial charge in [0.15, 0.2) is 0 Å². The van der Waals surface area contributed by atoms with Gasteiger partial charge in [-0.1, -0.05) is 0 Å². The fraction of sp³-hybridized carbons (Fsp3) is 0.333. The Kier molecular flexibility index (Phi) is 2.68. The van der Waals surface area contributed by atoms with E-state index in [-0.39, 0.29) is 19.0 Å². The third kappa shape index (κ3) is 1.57. The fourth-order valence-electron chi connectivity index (χ4n) is 1.09. The number of rotatable bonds is 2. The SMILES string of the molecule is Cc1cc(CO)c(CO)cc1O. The van der Waals surface area contributed by atoms with E-state index in [1.165, 1.54) is 6.07 Å². The first-order valence-corrected chi connectivity index (χ1v) is 3.72. The highest BCUT2D eigenvalue weighted by Crippen LogP contribution is 2.21. The van der Waals surface area contributed by atoms with E-state index in [2.05, 4.69) is 0 Å². The van der Waals surface area contributed by atoms with Gasteiger partial charge in [0.05, 0.1) is 13.2 Å². The van der Waals surface area contributed by atoms with Crippen molar-refractivity contribution < 1.29 is 15.3 Å². The zero-order valence-corrected chi connectivity index (χ0v) is 6.91. The van der Waals surface area contributed by atoms with Gasteiger partial charge in [-0.2, -0.15) is 0 Å². The second-order valence-electron chi connectivity index (χ2n) is 2.72. The normalized spacial score (nSPS) is 10.2. The Morgan fingerprint density at radius 3 is 2.08 bits per heavy atom. The van der Waals surface area contributed by atoms with Crippen LogP contribution in [0, 0.1) is 6.92 Å². The highest BCUT2D eigenvalue weighted by Gasteiger charge is 2.04. The number of hydrogen-bond donors (Lipinski definition) is 3. The average molecular weight is 168 g/mol. The molecule has 66 valence electrons. The van der Waals surface area contributed by atoms with E-state index in [9.17, 15) is 5.11 Å². The molecule has 0 saturated heterocycles. The van der Waals surface area contributed by atoms with Crippen molar-refractivity contribution in [3.8, 4) is 5.75 Å². The Balaban J connectivity index is 3.19. The second-order valence-corrected chi connectivity index (χ2v) is 2.72. The Morgan fingerprint density at radius 1 is 1.08 bits per heavy atom. The van der Waals surface area contributed by atoms with Crippen LogP contribution in [0.25, 0.3) is 0 Å². The zero-order valence-electron chi connectivity index (χ0n) is 6.91. The van der Waals surface area contributed by atoms with Crippen molar-refractivity contribution in [2.24, 2.45) is 0 Å². The summed E-state index contributed by atoms with van der Waals surface area (Å²) in [6.45, 7) is 1.47. The molecule has 0 atom stereocenters. The molecule has 0 fully saturated rings. The van der Waals surface area contributed by atoms with Gasteiger partial charge >= 0.3 is 0 Å². The van der Waals surface area contributed by atoms with Crippen LogP contribution in [0.2, 0.25) is 0 Å². The van der Waals surface area contributed by atoms with E-state index < -0.39 is 0 Å². The number of phenolic OH excluding ortho intramolecular Hbond substituents is 1. The number of benzene rings is 1. The Hall–Kier alpha value is -1.06. The van der Waals surface area contributed by atoms with E-state index >= 15 is 0 Å². The Morgan fingerprint density at radius 2 is 1.58 bits per heavy atom. The molecule has 0 unspecified atom stereocenters. The van der Waals surface area contributed by atoms with Crippen molar-refractivity contribution in [1.29, 1.82) is 0 Å². The Bertz CT molecular complexity index is 252. The number of aliphatic hydroxyl groups excluding tert-OH is 2. The first-order chi connectivity index (χ1) is 5.69. The van der Waals surface area contributed by atoms with Gasteiger partial charge in [0.25, 0.3) is 0 Å². The van der Waals surface area contributed by atoms with Crippen LogP contribution in [0.3, 0.4) is 0 Å². The number of hydrogen-bond acceptors (Lipinski definition) is 3. The molecule has 3 heteroatoms. The summed E-state index contributed by atoms with van der Waals surface area (Å²) >= 11 is 0. The van der Waals surface area contributed by atoms with Crippen LogP contribution in [-0.2, 0) is 13.2 Å². The maximum Gasteiger partial charge on any atom is 0.118 e. The molecule has 0 heterocycles. The van der Waals surface area contributed by atoms with Crippen molar-refractivity contribution >= 4 is 0 Å². The van der Waals surface area contributed by atoms with Crippen LogP contribution < -0.4 is 0 Å². The number of aryl methyl sites for hydroxylation is 1. The summed E-state index contributed by atoms with van der Waals surface area (Å²) in [7, 11) is 0. The first kappa shape index (κ1) is 9.03. The standard InChI is InChI=1S/C9H12O3/c1-6-2-7(4-10)8(5-11)3-9(6)12/h2-3,10-12H,4-5H2,1H3. The van der Waals surface area contributed by atoms with Crippen LogP contribution in [0.1, 0.15) is 16.7 Å². The smallest absolute Gasteiger partial charge is 0.118 e. The van der Waals surface area contributed by atoms with Crippen LogP contribution >= 0.6 is 0 Å². The maximum atomic E-state index is 9.26. The van der Waals surface area contributed by atoms with Crippen molar-refractivity contribution in [2.75, 3.05) is 0 Å². The molecule has 1 rings (SSSR count). The van der Waals surface area contributed by atoms with E-state index in [0.29, 0.717) is 16.7 Å². The third-order valence-electron chi connectivity index (χ3n) is 1.86. The lowest BCUT2D eigenvalue weighted by molar-refractivity contribution is 0.259. The van der Waals surface area contributed by atoms with Crippen LogP contribution in [-0.4, -0.2) is 15.3 Å². The lowest BCUT2D eigenvalue weighted by Crippen LogP contribution is -1.94. The molecule has 0 aliphatic carbocycles. The lowest BCUT2D eigenvalue weighted by atomic mass is 10.0. The molecule has 3 nitrogen and oxygen atoms in total. The summed E-state index contributed by atoms with van der Waals surface area (Å²) in [4.78, 5) is 0. The van der Waals surface area contributed by atoms with E-state index in [1.54, 1.807) is 13.0 Å². The van der Waals surface area contributed by atoms with Gasteiger partial charge in [0.1, 0.15) is 5.75 Å². The van der Waals surface area contributed by atoms with Crippen molar-refractivity contribution in [3.63, 3.8) is 0 Å². The molecule has 1 aromatic rings. The summed E-state index contributed by atoms with van der Waals surface area (Å²) in [6, 6.07) is 3.14. The average Bonchev–Trinajstić information content (AvgIpc) is 2.09. The van der Waals surface area contributed by atoms with Gasteiger partial charge in [0, 0.05) is 0 Å². The largest absolute Gasteiger partial charge is 0.508 e. The molecule has 0 radical (unpaired) electrons. The van der Waals surface area contributed by atoms with E-state index in [0.717, 1.165) is 0 Å². The predicted molar refractivity (Wildman–Crippen MR) is 44.7 cm³/mol. The molecule has 12 heavy (non-hydrogen) atoms. The van der Waals surface area contributed by atoms with Crippen molar-refractivity contribution in [1.82, 2.24) is 0 Å². The van der Waals surface area contributed by atoms with Gasteiger partial charge in [-0.15, -0.1) is 0 Å². The molecule has 0 aliphatic rings. The number of phenols is 1. The summed E-state index contributed by atoms with van der Waals surface area (Å²) in [5.74, 6) is 0.149. The minimum absolute atomic E-state index is 0.114. The molecule has 0 saturated carbocycles. The zero-order chi connectivity index (χ0) is 9.14. The molecular formula is C9H12O3. The maximum absolute atomic E-state index is 9.26. The van der Waals surface area contributed by atoms with Crippen LogP contribution in [0.4, 0.5) is 0 Å². The molecule has 0 aliphatic heterocycles. The minimum atomic E-state index is -0.163. The lowest BCUT2D eigenvalue weighted by Gasteiger charge is -2.07. The quantitative estimate of drug-likeness (QED) is 0.608. The Labute approximate surface area is 70.9 Å². The van der Waals surface area contributed by atoms with Gasteiger partial charge < -0.3 is 15.3 Å². The predicted octanol–water partition coefficient (Wildman–Crippen LogP) is 0.685. The molecule has 0 bridgehead atoms. The van der Waals surface area contributed by atoms with Crippen molar-refractivity contribution in [2.45, 2.75) is 20.1 Å². The van der Waals surface area contributed by atoms with E-state index in [1.807, 2.05) is 0 Å². The minimum Gasteiger partial charge on any atom is -0.508 e. The molecule has 3 N–H and O–H groups in total. The number of aromatic hydroxyl groups is 1. The summed E-state index contributed by atoms with van der Waals surface area (Å²) in [6.07, 6.45) is 0. The van der Waals surface area contributed by atoms with Gasteiger partial charge in [0.2, 0.25) is 0 Å².